The van der Waals surface area contributed by atoms with Crippen molar-refractivity contribution in [3.63, 3.8) is 0 Å². The van der Waals surface area contributed by atoms with E-state index in [9.17, 15) is 4.79 Å². The number of amides is 1. The lowest BCUT2D eigenvalue weighted by Crippen LogP contribution is -2.37. The van der Waals surface area contributed by atoms with E-state index in [4.69, 9.17) is 35.4 Å². The molecule has 0 spiro atoms. The molecule has 0 saturated carbocycles. The number of nitrogens with one attached hydrogen (secondary N) is 2. The van der Waals surface area contributed by atoms with Crippen LogP contribution in [0.3, 0.4) is 0 Å². The van der Waals surface area contributed by atoms with Gasteiger partial charge in [0, 0.05) is 29.0 Å². The van der Waals surface area contributed by atoms with Gasteiger partial charge in [0.15, 0.2) is 5.11 Å². The van der Waals surface area contributed by atoms with Crippen molar-refractivity contribution in [1.29, 1.82) is 0 Å². The summed E-state index contributed by atoms with van der Waals surface area (Å²) in [5.74, 6) is -0.382. The van der Waals surface area contributed by atoms with Gasteiger partial charge in [-0.3, -0.25) is 10.1 Å². The third-order valence-electron chi connectivity index (χ3n) is 4.66. The minimum atomic E-state index is -0.382. The third kappa shape index (κ3) is 5.12. The van der Waals surface area contributed by atoms with E-state index in [1.54, 1.807) is 12.1 Å². The van der Waals surface area contributed by atoms with Gasteiger partial charge in [0.05, 0.1) is 10.6 Å². The first-order chi connectivity index (χ1) is 12.9. The number of benzene rings is 2. The number of hydrogen-bond donors (Lipinski definition) is 2. The van der Waals surface area contributed by atoms with Crippen molar-refractivity contribution in [3.8, 4) is 0 Å². The summed E-state index contributed by atoms with van der Waals surface area (Å²) in [4.78, 5) is 14.7. The SMILES string of the molecule is C[C@H]1CCCCN1c1ccc(NC(=S)NC(=O)c2ccc(Cl)cc2Cl)cc1. The molecule has 0 aliphatic carbocycles. The minimum absolute atomic E-state index is 0.213. The summed E-state index contributed by atoms with van der Waals surface area (Å²) >= 11 is 17.1. The Labute approximate surface area is 174 Å². The number of nitrogens with zero attached hydrogens (tertiary/aromatic N) is 1. The highest BCUT2D eigenvalue weighted by molar-refractivity contribution is 7.80. The molecule has 0 aromatic heterocycles. The van der Waals surface area contributed by atoms with Crippen LogP contribution in [0, 0.1) is 0 Å². The molecule has 4 nitrogen and oxygen atoms in total. The first-order valence-electron chi connectivity index (χ1n) is 8.88. The maximum atomic E-state index is 12.3. The minimum Gasteiger partial charge on any atom is -0.369 e. The molecule has 0 radical (unpaired) electrons. The van der Waals surface area contributed by atoms with Gasteiger partial charge in [-0.05, 0) is 80.9 Å². The van der Waals surface area contributed by atoms with E-state index in [-0.39, 0.29) is 16.0 Å². The maximum Gasteiger partial charge on any atom is 0.258 e. The normalized spacial score (nSPS) is 16.7. The molecular formula is C20H21Cl2N3OS. The zero-order valence-corrected chi connectivity index (χ0v) is 17.3. The van der Waals surface area contributed by atoms with Crippen LogP contribution in [-0.4, -0.2) is 23.6 Å². The molecule has 2 N–H and O–H groups in total. The van der Waals surface area contributed by atoms with Gasteiger partial charge in [-0.25, -0.2) is 0 Å². The summed E-state index contributed by atoms with van der Waals surface area (Å²) in [5.41, 5.74) is 2.34. The lowest BCUT2D eigenvalue weighted by molar-refractivity contribution is 0.0978. The molecule has 0 bridgehead atoms. The molecular weight excluding hydrogens is 401 g/mol. The van der Waals surface area contributed by atoms with Gasteiger partial charge >= 0.3 is 0 Å². The van der Waals surface area contributed by atoms with Crippen LogP contribution in [0.4, 0.5) is 11.4 Å². The highest BCUT2D eigenvalue weighted by atomic mass is 35.5. The topological polar surface area (TPSA) is 44.4 Å². The molecule has 1 saturated heterocycles. The fourth-order valence-electron chi connectivity index (χ4n) is 3.22. The van der Waals surface area contributed by atoms with Gasteiger partial charge < -0.3 is 10.2 Å². The molecule has 1 aliphatic heterocycles. The fraction of sp³-hybridized carbons (Fsp3) is 0.300. The molecule has 1 amide bonds. The highest BCUT2D eigenvalue weighted by Crippen LogP contribution is 2.26. The molecule has 1 fully saturated rings. The lowest BCUT2D eigenvalue weighted by atomic mass is 10.0. The van der Waals surface area contributed by atoms with Crippen LogP contribution in [0.2, 0.25) is 10.0 Å². The van der Waals surface area contributed by atoms with Gasteiger partial charge in [0.25, 0.3) is 5.91 Å². The molecule has 1 atom stereocenters. The summed E-state index contributed by atoms with van der Waals surface area (Å²) in [6.45, 7) is 3.35. The van der Waals surface area contributed by atoms with Crippen LogP contribution >= 0.6 is 35.4 Å². The predicted octanol–water partition coefficient (Wildman–Crippen LogP) is 5.50. The van der Waals surface area contributed by atoms with Crippen molar-refractivity contribution < 1.29 is 4.79 Å². The first kappa shape index (κ1) is 19.9. The molecule has 2 aromatic carbocycles. The average Bonchev–Trinajstić information content (AvgIpc) is 2.62. The van der Waals surface area contributed by atoms with Crippen molar-refractivity contribution in [2.45, 2.75) is 32.2 Å². The quantitative estimate of drug-likeness (QED) is 0.642. The maximum absolute atomic E-state index is 12.3. The van der Waals surface area contributed by atoms with Crippen molar-refractivity contribution in [3.05, 3.63) is 58.1 Å². The van der Waals surface area contributed by atoms with Crippen LogP contribution in [0.5, 0.6) is 0 Å². The molecule has 0 unspecified atom stereocenters. The number of carbonyl (C=O) groups is 1. The lowest BCUT2D eigenvalue weighted by Gasteiger charge is -2.35. The number of halogens is 2. The van der Waals surface area contributed by atoms with Gasteiger partial charge in [-0.15, -0.1) is 0 Å². The molecule has 2 aromatic rings. The van der Waals surface area contributed by atoms with E-state index >= 15 is 0 Å². The summed E-state index contributed by atoms with van der Waals surface area (Å²) in [6, 6.07) is 13.3. The van der Waals surface area contributed by atoms with E-state index in [0.29, 0.717) is 16.6 Å². The van der Waals surface area contributed by atoms with Crippen LogP contribution in [0.25, 0.3) is 0 Å². The molecule has 27 heavy (non-hydrogen) atoms. The van der Waals surface area contributed by atoms with Crippen LogP contribution in [0.15, 0.2) is 42.5 Å². The Balaban J connectivity index is 1.60. The van der Waals surface area contributed by atoms with E-state index < -0.39 is 0 Å². The Bertz CT molecular complexity index is 842. The second kappa shape index (κ2) is 8.91. The second-order valence-electron chi connectivity index (χ2n) is 6.62. The number of rotatable bonds is 3. The summed E-state index contributed by atoms with van der Waals surface area (Å²) in [6.07, 6.45) is 3.75. The zero-order valence-electron chi connectivity index (χ0n) is 15.0. The Morgan fingerprint density at radius 1 is 1.15 bits per heavy atom. The van der Waals surface area contributed by atoms with Crippen molar-refractivity contribution in [1.82, 2.24) is 5.32 Å². The summed E-state index contributed by atoms with van der Waals surface area (Å²) in [7, 11) is 0. The molecule has 1 heterocycles. The average molecular weight is 422 g/mol. The Kier molecular flexibility index (Phi) is 6.58. The monoisotopic (exact) mass is 421 g/mol. The zero-order chi connectivity index (χ0) is 19.4. The molecule has 7 heteroatoms. The molecule has 142 valence electrons. The van der Waals surface area contributed by atoms with E-state index in [1.165, 1.54) is 31.0 Å². The van der Waals surface area contributed by atoms with Crippen molar-refractivity contribution in [2.24, 2.45) is 0 Å². The number of anilines is 2. The third-order valence-corrected chi connectivity index (χ3v) is 5.41. The number of carbonyl (C=O) groups excluding carboxylic acids is 1. The predicted molar refractivity (Wildman–Crippen MR) is 117 cm³/mol. The van der Waals surface area contributed by atoms with Crippen LogP contribution in [0.1, 0.15) is 36.5 Å². The Morgan fingerprint density at radius 3 is 2.56 bits per heavy atom. The van der Waals surface area contributed by atoms with Crippen molar-refractivity contribution >= 4 is 57.8 Å². The summed E-state index contributed by atoms with van der Waals surface area (Å²) in [5, 5.41) is 6.63. The van der Waals surface area contributed by atoms with Crippen LogP contribution < -0.4 is 15.5 Å². The first-order valence-corrected chi connectivity index (χ1v) is 10.0. The molecule has 1 aliphatic rings. The molecule has 3 rings (SSSR count). The van der Waals surface area contributed by atoms with E-state index in [0.717, 1.165) is 12.2 Å². The van der Waals surface area contributed by atoms with Crippen molar-refractivity contribution in [2.75, 3.05) is 16.8 Å². The Hall–Kier alpha value is -1.82. The number of hydrogen-bond acceptors (Lipinski definition) is 3. The second-order valence-corrected chi connectivity index (χ2v) is 7.87. The van der Waals surface area contributed by atoms with Gasteiger partial charge in [0.1, 0.15) is 0 Å². The smallest absolute Gasteiger partial charge is 0.258 e. The van der Waals surface area contributed by atoms with E-state index in [1.807, 2.05) is 12.1 Å². The van der Waals surface area contributed by atoms with Gasteiger partial charge in [-0.1, -0.05) is 23.2 Å². The largest absolute Gasteiger partial charge is 0.369 e. The number of piperidine rings is 1. The van der Waals surface area contributed by atoms with Gasteiger partial charge in [0.2, 0.25) is 0 Å². The summed E-state index contributed by atoms with van der Waals surface area (Å²) < 4.78 is 0. The van der Waals surface area contributed by atoms with Gasteiger partial charge in [-0.2, -0.15) is 0 Å². The number of thiocarbonyl (C=S) groups is 1. The van der Waals surface area contributed by atoms with Crippen LogP contribution in [-0.2, 0) is 0 Å². The highest BCUT2D eigenvalue weighted by Gasteiger charge is 2.18. The van der Waals surface area contributed by atoms with E-state index in [2.05, 4.69) is 34.6 Å². The Morgan fingerprint density at radius 2 is 1.89 bits per heavy atom. The standard InChI is InChI=1S/C20H21Cl2N3OS/c1-13-4-2-3-11-25(13)16-8-6-15(7-9-16)23-20(27)24-19(26)17-10-5-14(21)12-18(17)22/h5-10,12-13H,2-4,11H2,1H3,(H2,23,24,26,27)/t13-/m0/s1. The fourth-order valence-corrected chi connectivity index (χ4v) is 3.93.